The second kappa shape index (κ2) is 7.00. The lowest BCUT2D eigenvalue weighted by molar-refractivity contribution is 0.349. The molecule has 3 nitrogen and oxygen atoms in total. The van der Waals surface area contributed by atoms with Crippen LogP contribution in [-0.2, 0) is 6.54 Å². The van der Waals surface area contributed by atoms with Crippen LogP contribution < -0.4 is 5.32 Å². The van der Waals surface area contributed by atoms with Gasteiger partial charge in [0.15, 0.2) is 0 Å². The Bertz CT molecular complexity index is 398. The third-order valence-electron chi connectivity index (χ3n) is 2.69. The van der Waals surface area contributed by atoms with E-state index in [4.69, 9.17) is 5.26 Å². The lowest BCUT2D eigenvalue weighted by Gasteiger charge is -2.14. The number of nitrogens with one attached hydrogen (secondary N) is 1. The third-order valence-corrected chi connectivity index (χ3v) is 2.69. The van der Waals surface area contributed by atoms with Crippen LogP contribution in [0.5, 0.6) is 0 Å². The monoisotopic (exact) mass is 235 g/mol. The summed E-state index contributed by atoms with van der Waals surface area (Å²) in [7, 11) is 2.06. The highest BCUT2D eigenvalue weighted by Gasteiger charge is 2.02. The van der Waals surface area contributed by atoms with Gasteiger partial charge in [-0.05, 0) is 31.3 Å². The predicted molar refractivity (Wildman–Crippen MR) is 66.0 cm³/mol. The number of nitriles is 1. The first-order chi connectivity index (χ1) is 8.17. The fraction of sp³-hybridized carbons (Fsp3) is 0.462. The zero-order valence-corrected chi connectivity index (χ0v) is 10.3. The molecule has 92 valence electrons. The maximum absolute atomic E-state index is 13.1. The molecule has 0 fully saturated rings. The molecule has 0 saturated carbocycles. The molecule has 1 rings (SSSR count). The Kier molecular flexibility index (Phi) is 5.61. The van der Waals surface area contributed by atoms with Crippen LogP contribution in [0.4, 0.5) is 4.39 Å². The van der Waals surface area contributed by atoms with E-state index in [0.717, 1.165) is 25.2 Å². The van der Waals surface area contributed by atoms with E-state index in [0.29, 0.717) is 6.54 Å². The van der Waals surface area contributed by atoms with E-state index in [1.165, 1.54) is 6.07 Å². The van der Waals surface area contributed by atoms with Crippen LogP contribution in [0.1, 0.15) is 18.1 Å². The quantitative estimate of drug-likeness (QED) is 0.763. The Morgan fingerprint density at radius 1 is 1.47 bits per heavy atom. The molecule has 1 N–H and O–H groups in total. The summed E-state index contributed by atoms with van der Waals surface area (Å²) in [6.07, 6.45) is 0. The molecule has 0 aromatic heterocycles. The van der Waals surface area contributed by atoms with E-state index in [2.05, 4.69) is 24.2 Å². The molecular formula is C13H18FN3. The number of rotatable bonds is 6. The summed E-state index contributed by atoms with van der Waals surface area (Å²) in [5, 5.41) is 12.0. The standard InChI is InChI=1S/C13H18FN3/c1-3-17(2)7-6-16-10-11-4-5-13(14)12(8-11)9-15/h4-5,8,16H,3,6-7,10H2,1-2H3. The van der Waals surface area contributed by atoms with Gasteiger partial charge in [-0.15, -0.1) is 0 Å². The first kappa shape index (κ1) is 13.6. The summed E-state index contributed by atoms with van der Waals surface area (Å²) in [4.78, 5) is 2.21. The average molecular weight is 235 g/mol. The SMILES string of the molecule is CCN(C)CCNCc1ccc(F)c(C#N)c1. The summed E-state index contributed by atoms with van der Waals surface area (Å²) in [5.41, 5.74) is 1.04. The van der Waals surface area contributed by atoms with Gasteiger partial charge in [-0.1, -0.05) is 13.0 Å². The molecule has 0 heterocycles. The number of benzene rings is 1. The van der Waals surface area contributed by atoms with Crippen LogP contribution >= 0.6 is 0 Å². The Morgan fingerprint density at radius 2 is 2.24 bits per heavy atom. The van der Waals surface area contributed by atoms with Crippen LogP contribution in [-0.4, -0.2) is 31.6 Å². The van der Waals surface area contributed by atoms with E-state index in [-0.39, 0.29) is 5.56 Å². The normalized spacial score (nSPS) is 10.5. The number of hydrogen-bond acceptors (Lipinski definition) is 3. The molecule has 4 heteroatoms. The number of hydrogen-bond donors (Lipinski definition) is 1. The van der Waals surface area contributed by atoms with Crippen molar-refractivity contribution in [3.63, 3.8) is 0 Å². The van der Waals surface area contributed by atoms with Crippen LogP contribution in [0.15, 0.2) is 18.2 Å². The van der Waals surface area contributed by atoms with E-state index in [9.17, 15) is 4.39 Å². The van der Waals surface area contributed by atoms with E-state index in [1.807, 2.05) is 6.07 Å². The fourth-order valence-corrected chi connectivity index (χ4v) is 1.43. The summed E-state index contributed by atoms with van der Waals surface area (Å²) in [6.45, 7) is 5.65. The van der Waals surface area contributed by atoms with Crippen molar-refractivity contribution in [2.24, 2.45) is 0 Å². The van der Waals surface area contributed by atoms with Gasteiger partial charge in [-0.3, -0.25) is 0 Å². The molecule has 0 bridgehead atoms. The first-order valence-electron chi connectivity index (χ1n) is 5.75. The van der Waals surface area contributed by atoms with Gasteiger partial charge in [0, 0.05) is 19.6 Å². The minimum Gasteiger partial charge on any atom is -0.311 e. The summed E-state index contributed by atoms with van der Waals surface area (Å²) in [6, 6.07) is 6.47. The van der Waals surface area contributed by atoms with Crippen molar-refractivity contribution in [2.75, 3.05) is 26.7 Å². The van der Waals surface area contributed by atoms with Gasteiger partial charge in [0.05, 0.1) is 5.56 Å². The molecule has 0 amide bonds. The van der Waals surface area contributed by atoms with Crippen molar-refractivity contribution in [3.8, 4) is 6.07 Å². The largest absolute Gasteiger partial charge is 0.311 e. The summed E-state index contributed by atoms with van der Waals surface area (Å²) >= 11 is 0. The fourth-order valence-electron chi connectivity index (χ4n) is 1.43. The number of halogens is 1. The van der Waals surface area contributed by atoms with Gasteiger partial charge in [-0.2, -0.15) is 5.26 Å². The van der Waals surface area contributed by atoms with Crippen LogP contribution in [0.3, 0.4) is 0 Å². The molecule has 17 heavy (non-hydrogen) atoms. The van der Waals surface area contributed by atoms with Crippen LogP contribution in [0, 0.1) is 17.1 Å². The van der Waals surface area contributed by atoms with Crippen molar-refractivity contribution in [1.29, 1.82) is 5.26 Å². The van der Waals surface area contributed by atoms with Gasteiger partial charge in [0.25, 0.3) is 0 Å². The predicted octanol–water partition coefficient (Wildman–Crippen LogP) is 1.74. The molecule has 1 aromatic carbocycles. The average Bonchev–Trinajstić information content (AvgIpc) is 2.36. The van der Waals surface area contributed by atoms with E-state index < -0.39 is 5.82 Å². The lowest BCUT2D eigenvalue weighted by atomic mass is 10.1. The topological polar surface area (TPSA) is 39.1 Å². The highest BCUT2D eigenvalue weighted by Crippen LogP contribution is 2.09. The molecule has 0 radical (unpaired) electrons. The number of nitrogens with zero attached hydrogens (tertiary/aromatic N) is 2. The zero-order valence-electron chi connectivity index (χ0n) is 10.3. The molecular weight excluding hydrogens is 217 g/mol. The minimum absolute atomic E-state index is 0.106. The highest BCUT2D eigenvalue weighted by molar-refractivity contribution is 5.34. The molecule has 0 unspecified atom stereocenters. The van der Waals surface area contributed by atoms with Gasteiger partial charge in [0.2, 0.25) is 0 Å². The zero-order chi connectivity index (χ0) is 12.7. The van der Waals surface area contributed by atoms with Crippen molar-refractivity contribution >= 4 is 0 Å². The van der Waals surface area contributed by atoms with Gasteiger partial charge < -0.3 is 10.2 Å². The van der Waals surface area contributed by atoms with Crippen molar-refractivity contribution in [1.82, 2.24) is 10.2 Å². The maximum Gasteiger partial charge on any atom is 0.140 e. The Balaban J connectivity index is 2.40. The molecule has 0 aliphatic heterocycles. The summed E-state index contributed by atoms with van der Waals surface area (Å²) < 4.78 is 13.1. The Hall–Kier alpha value is -1.44. The number of likely N-dealkylation sites (N-methyl/N-ethyl adjacent to an activating group) is 1. The minimum atomic E-state index is -0.457. The summed E-state index contributed by atoms with van der Waals surface area (Å²) in [5.74, 6) is -0.457. The van der Waals surface area contributed by atoms with Crippen LogP contribution in [0.25, 0.3) is 0 Å². The van der Waals surface area contributed by atoms with E-state index >= 15 is 0 Å². The maximum atomic E-state index is 13.1. The van der Waals surface area contributed by atoms with Gasteiger partial charge >= 0.3 is 0 Å². The molecule has 0 spiro atoms. The van der Waals surface area contributed by atoms with Crippen molar-refractivity contribution < 1.29 is 4.39 Å². The second-order valence-electron chi connectivity index (χ2n) is 4.00. The van der Waals surface area contributed by atoms with Gasteiger partial charge in [0.1, 0.15) is 11.9 Å². The highest BCUT2D eigenvalue weighted by atomic mass is 19.1. The van der Waals surface area contributed by atoms with Crippen molar-refractivity contribution in [3.05, 3.63) is 35.1 Å². The molecule has 0 aliphatic carbocycles. The molecule has 0 aliphatic rings. The second-order valence-corrected chi connectivity index (χ2v) is 4.00. The molecule has 1 aromatic rings. The third kappa shape index (κ3) is 4.51. The van der Waals surface area contributed by atoms with E-state index in [1.54, 1.807) is 12.1 Å². The lowest BCUT2D eigenvalue weighted by Crippen LogP contribution is -2.28. The Labute approximate surface area is 102 Å². The first-order valence-corrected chi connectivity index (χ1v) is 5.75. The Morgan fingerprint density at radius 3 is 2.88 bits per heavy atom. The molecule has 0 atom stereocenters. The van der Waals surface area contributed by atoms with Crippen molar-refractivity contribution in [2.45, 2.75) is 13.5 Å². The van der Waals surface area contributed by atoms with Gasteiger partial charge in [-0.25, -0.2) is 4.39 Å². The van der Waals surface area contributed by atoms with Crippen LogP contribution in [0.2, 0.25) is 0 Å². The smallest absolute Gasteiger partial charge is 0.140 e. The molecule has 0 saturated heterocycles.